The van der Waals surface area contributed by atoms with Crippen molar-refractivity contribution in [3.8, 4) is 0 Å². The number of anilines is 1. The van der Waals surface area contributed by atoms with E-state index in [1.165, 1.54) is 6.92 Å². The van der Waals surface area contributed by atoms with Crippen LogP contribution >= 0.6 is 23.2 Å². The molecule has 1 aromatic carbocycles. The lowest BCUT2D eigenvalue weighted by Gasteiger charge is -2.06. The molecule has 1 N–H and O–H groups in total. The molecule has 0 saturated heterocycles. The molecule has 0 aromatic heterocycles. The molecule has 3 saturated carbocycles. The Kier molecular flexibility index (Phi) is 3.92. The molecule has 128 valence electrons. The second-order valence-electron chi connectivity index (χ2n) is 7.52. The number of halogens is 2. The van der Waals surface area contributed by atoms with Crippen molar-refractivity contribution >= 4 is 40.6 Å². The first kappa shape index (κ1) is 16.4. The molecule has 4 rings (SSSR count). The maximum absolute atomic E-state index is 12.6. The lowest BCUT2D eigenvalue weighted by molar-refractivity contribution is -0.117. The van der Waals surface area contributed by atoms with Crippen LogP contribution in [-0.2, 0) is 4.79 Å². The number of hydrogen-bond acceptors (Lipinski definition) is 2. The number of hydrogen-bond donors (Lipinski definition) is 1. The summed E-state index contributed by atoms with van der Waals surface area (Å²) in [5.41, 5.74) is 1.32. The van der Waals surface area contributed by atoms with Gasteiger partial charge in [0.2, 0.25) is 5.91 Å². The molecule has 5 atom stereocenters. The summed E-state index contributed by atoms with van der Waals surface area (Å²) in [5, 5.41) is 2.99. The average Bonchev–Trinajstić information content (AvgIpc) is 3.32. The van der Waals surface area contributed by atoms with E-state index in [0.29, 0.717) is 34.9 Å². The number of benzene rings is 1. The molecule has 5 heteroatoms. The Hall–Kier alpha value is -1.06. The highest BCUT2D eigenvalue weighted by atomic mass is 35.5. The van der Waals surface area contributed by atoms with E-state index in [4.69, 9.17) is 23.2 Å². The Balaban J connectivity index is 1.39. The van der Waals surface area contributed by atoms with E-state index in [1.807, 2.05) is 6.07 Å². The van der Waals surface area contributed by atoms with E-state index < -0.39 is 4.33 Å². The van der Waals surface area contributed by atoms with Gasteiger partial charge in [-0.2, -0.15) is 0 Å². The van der Waals surface area contributed by atoms with Crippen LogP contribution in [0.15, 0.2) is 24.3 Å². The first-order valence-corrected chi connectivity index (χ1v) is 9.45. The Labute approximate surface area is 152 Å². The van der Waals surface area contributed by atoms with Gasteiger partial charge in [0.05, 0.1) is 0 Å². The maximum atomic E-state index is 12.6. The number of carbonyl (C=O) groups is 2. The zero-order chi connectivity index (χ0) is 17.1. The lowest BCUT2D eigenvalue weighted by atomic mass is 10.0. The van der Waals surface area contributed by atoms with Crippen LogP contribution in [0.25, 0.3) is 0 Å². The van der Waals surface area contributed by atoms with Gasteiger partial charge in [0.1, 0.15) is 4.33 Å². The van der Waals surface area contributed by atoms with E-state index in [1.54, 1.807) is 18.2 Å². The first-order chi connectivity index (χ1) is 11.4. The van der Waals surface area contributed by atoms with Crippen LogP contribution in [0, 0.1) is 29.6 Å². The van der Waals surface area contributed by atoms with Gasteiger partial charge in [0, 0.05) is 17.2 Å². The largest absolute Gasteiger partial charge is 0.326 e. The molecule has 3 nitrogen and oxygen atoms in total. The summed E-state index contributed by atoms with van der Waals surface area (Å²) < 4.78 is -0.512. The van der Waals surface area contributed by atoms with Crippen molar-refractivity contribution in [1.29, 1.82) is 0 Å². The van der Waals surface area contributed by atoms with Crippen LogP contribution in [0.5, 0.6) is 0 Å². The molecule has 3 aliphatic rings. The minimum Gasteiger partial charge on any atom is -0.326 e. The Bertz CT molecular complexity index is 680. The fourth-order valence-corrected chi connectivity index (χ4v) is 5.57. The topological polar surface area (TPSA) is 46.2 Å². The van der Waals surface area contributed by atoms with Gasteiger partial charge in [-0.25, -0.2) is 0 Å². The number of carbonyl (C=O) groups excluding carboxylic acids is 2. The van der Waals surface area contributed by atoms with E-state index in [2.05, 4.69) is 5.32 Å². The molecule has 1 aromatic rings. The van der Waals surface area contributed by atoms with Gasteiger partial charge >= 0.3 is 0 Å². The average molecular weight is 366 g/mol. The van der Waals surface area contributed by atoms with Gasteiger partial charge in [0.15, 0.2) is 5.78 Å². The first-order valence-electron chi connectivity index (χ1n) is 8.69. The van der Waals surface area contributed by atoms with Gasteiger partial charge in [0.25, 0.3) is 0 Å². The third kappa shape index (κ3) is 2.76. The van der Waals surface area contributed by atoms with Crippen LogP contribution in [0.1, 0.15) is 43.0 Å². The number of alkyl halides is 2. The summed E-state index contributed by atoms with van der Waals surface area (Å²) in [6, 6.07) is 7.14. The minimum absolute atomic E-state index is 0.00373. The van der Waals surface area contributed by atoms with Crippen LogP contribution in [0.4, 0.5) is 5.69 Å². The quantitative estimate of drug-likeness (QED) is 0.624. The SMILES string of the molecule is CC(=O)c1cccc(NC(=O)C2[C@H]3CC[C@@H]4[C@H](CC[C@@H]23)C4(Cl)Cl)c1. The third-order valence-electron chi connectivity index (χ3n) is 6.16. The van der Waals surface area contributed by atoms with Crippen LogP contribution in [0.2, 0.25) is 0 Å². The molecule has 0 spiro atoms. The normalized spacial score (nSPS) is 35.7. The number of fused-ring (bicyclic) bond motifs is 2. The third-order valence-corrected chi connectivity index (χ3v) is 7.28. The second kappa shape index (κ2) is 5.74. The van der Waals surface area contributed by atoms with Crippen LogP contribution in [0.3, 0.4) is 0 Å². The Morgan fingerprint density at radius 2 is 1.71 bits per heavy atom. The van der Waals surface area contributed by atoms with E-state index >= 15 is 0 Å². The number of rotatable bonds is 3. The molecule has 1 unspecified atom stereocenters. The fraction of sp³-hybridized carbons (Fsp3) is 0.579. The smallest absolute Gasteiger partial charge is 0.228 e. The molecule has 3 aliphatic carbocycles. The highest BCUT2D eigenvalue weighted by Crippen LogP contribution is 2.67. The lowest BCUT2D eigenvalue weighted by Crippen LogP contribution is -2.16. The van der Waals surface area contributed by atoms with Crippen molar-refractivity contribution in [2.45, 2.75) is 36.9 Å². The molecular weight excluding hydrogens is 345 g/mol. The van der Waals surface area contributed by atoms with Crippen molar-refractivity contribution in [2.75, 3.05) is 5.32 Å². The molecule has 0 heterocycles. The summed E-state index contributed by atoms with van der Waals surface area (Å²) >= 11 is 12.7. The number of nitrogens with one attached hydrogen (secondary N) is 1. The highest BCUT2D eigenvalue weighted by Gasteiger charge is 2.65. The van der Waals surface area contributed by atoms with E-state index in [9.17, 15) is 9.59 Å². The van der Waals surface area contributed by atoms with Gasteiger partial charge in [-0.15, -0.1) is 23.2 Å². The Morgan fingerprint density at radius 3 is 2.29 bits per heavy atom. The predicted molar refractivity (Wildman–Crippen MR) is 95.4 cm³/mol. The summed E-state index contributed by atoms with van der Waals surface area (Å²) in [6.07, 6.45) is 4.14. The molecular formula is C19H21Cl2NO2. The zero-order valence-corrected chi connectivity index (χ0v) is 15.1. The fourth-order valence-electron chi connectivity index (χ4n) is 4.65. The molecule has 3 fully saturated rings. The summed E-state index contributed by atoms with van der Waals surface area (Å²) in [5.74, 6) is 1.95. The van der Waals surface area contributed by atoms with Crippen molar-refractivity contribution < 1.29 is 9.59 Å². The Morgan fingerprint density at radius 1 is 1.08 bits per heavy atom. The monoisotopic (exact) mass is 365 g/mol. The number of ketones is 1. The number of Topliss-reactive ketones (excluding diaryl/α,β-unsaturated/α-hetero) is 1. The van der Waals surface area contributed by atoms with Gasteiger partial charge in [-0.1, -0.05) is 12.1 Å². The van der Waals surface area contributed by atoms with Crippen LogP contribution < -0.4 is 5.32 Å². The number of amides is 1. The molecule has 24 heavy (non-hydrogen) atoms. The molecule has 0 bridgehead atoms. The van der Waals surface area contributed by atoms with Crippen molar-refractivity contribution in [2.24, 2.45) is 29.6 Å². The predicted octanol–water partition coefficient (Wildman–Crippen LogP) is 4.68. The second-order valence-corrected chi connectivity index (χ2v) is 8.97. The van der Waals surface area contributed by atoms with E-state index in [0.717, 1.165) is 25.7 Å². The standard InChI is InChI=1S/C19H21Cl2NO2/c1-10(23)11-3-2-4-12(9-11)22-18(24)17-13-5-7-15-16(19(15,20)21)8-6-14(13)17/h2-4,9,13-17H,5-8H2,1H3,(H,22,24)/t13-,14+,15+,16-,17?. The molecule has 0 radical (unpaired) electrons. The van der Waals surface area contributed by atoms with Gasteiger partial charge < -0.3 is 5.32 Å². The highest BCUT2D eigenvalue weighted by molar-refractivity contribution is 6.51. The summed E-state index contributed by atoms with van der Waals surface area (Å²) in [7, 11) is 0. The van der Waals surface area contributed by atoms with Gasteiger partial charge in [-0.3, -0.25) is 9.59 Å². The maximum Gasteiger partial charge on any atom is 0.228 e. The van der Waals surface area contributed by atoms with Crippen LogP contribution in [-0.4, -0.2) is 16.0 Å². The zero-order valence-electron chi connectivity index (χ0n) is 13.6. The molecule has 1 amide bonds. The van der Waals surface area contributed by atoms with Crippen molar-refractivity contribution in [1.82, 2.24) is 0 Å². The summed E-state index contributed by atoms with van der Waals surface area (Å²) in [6.45, 7) is 1.53. The van der Waals surface area contributed by atoms with Crippen molar-refractivity contribution in [3.63, 3.8) is 0 Å². The van der Waals surface area contributed by atoms with E-state index in [-0.39, 0.29) is 17.6 Å². The van der Waals surface area contributed by atoms with Gasteiger partial charge in [-0.05, 0) is 68.4 Å². The molecule has 0 aliphatic heterocycles. The van der Waals surface area contributed by atoms with Crippen molar-refractivity contribution in [3.05, 3.63) is 29.8 Å². The minimum atomic E-state index is -0.512. The summed E-state index contributed by atoms with van der Waals surface area (Å²) in [4.78, 5) is 24.1.